The summed E-state index contributed by atoms with van der Waals surface area (Å²) in [6.07, 6.45) is 3.23. The van der Waals surface area contributed by atoms with Gasteiger partial charge in [0.25, 0.3) is 0 Å². The zero-order valence-electron chi connectivity index (χ0n) is 12.6. The molecule has 0 saturated carbocycles. The molecule has 1 aliphatic rings. The second-order valence-corrected chi connectivity index (χ2v) is 7.27. The number of nitrogens with one attached hydrogen (secondary N) is 1. The van der Waals surface area contributed by atoms with E-state index in [4.69, 9.17) is 11.6 Å². The summed E-state index contributed by atoms with van der Waals surface area (Å²) >= 11 is 7.78. The first kappa shape index (κ1) is 15.6. The third-order valence-corrected chi connectivity index (χ3v) is 5.05. The van der Waals surface area contributed by atoms with Crippen molar-refractivity contribution in [3.8, 4) is 0 Å². The lowest BCUT2D eigenvalue weighted by Crippen LogP contribution is -3.05. The SMILES string of the molecule is C[NH+](C)CC/C=C1/c2ccc(F)cc2Sc2ccc(Cl)cc21. The number of rotatable bonds is 3. The van der Waals surface area contributed by atoms with Crippen LogP contribution in [0.1, 0.15) is 17.5 Å². The van der Waals surface area contributed by atoms with E-state index in [9.17, 15) is 4.39 Å². The standard InChI is InChI=1S/C18H17ClFNS/c1-21(2)9-3-4-14-15-7-6-13(20)11-18(15)22-17-8-5-12(19)10-16(14)17/h4-8,10-11H,3,9H2,1-2H3/p+1/b14-4-. The summed E-state index contributed by atoms with van der Waals surface area (Å²) in [4.78, 5) is 3.51. The highest BCUT2D eigenvalue weighted by Gasteiger charge is 2.21. The molecular weight excluding hydrogens is 317 g/mol. The van der Waals surface area contributed by atoms with Crippen molar-refractivity contribution in [1.29, 1.82) is 0 Å². The Bertz CT molecular complexity index is 740. The number of hydrogen-bond donors (Lipinski definition) is 1. The summed E-state index contributed by atoms with van der Waals surface area (Å²) in [6, 6.07) is 10.9. The molecule has 4 heteroatoms. The van der Waals surface area contributed by atoms with Gasteiger partial charge >= 0.3 is 0 Å². The van der Waals surface area contributed by atoms with Gasteiger partial charge in [-0.15, -0.1) is 0 Å². The van der Waals surface area contributed by atoms with Gasteiger partial charge in [-0.25, -0.2) is 4.39 Å². The van der Waals surface area contributed by atoms with Gasteiger partial charge in [-0.1, -0.05) is 35.5 Å². The van der Waals surface area contributed by atoms with Gasteiger partial charge in [-0.3, -0.25) is 0 Å². The van der Waals surface area contributed by atoms with Crippen molar-refractivity contribution < 1.29 is 9.29 Å². The van der Waals surface area contributed by atoms with E-state index in [0.717, 1.165) is 44.5 Å². The Hall–Kier alpha value is -1.29. The highest BCUT2D eigenvalue weighted by Crippen LogP contribution is 2.46. The van der Waals surface area contributed by atoms with E-state index in [2.05, 4.69) is 20.2 Å². The summed E-state index contributed by atoms with van der Waals surface area (Å²) in [6.45, 7) is 1.06. The molecule has 3 rings (SSSR count). The molecule has 1 N–H and O–H groups in total. The predicted molar refractivity (Wildman–Crippen MR) is 91.3 cm³/mol. The molecule has 0 fully saturated rings. The zero-order chi connectivity index (χ0) is 15.7. The minimum Gasteiger partial charge on any atom is -0.340 e. The maximum absolute atomic E-state index is 13.6. The first-order valence-corrected chi connectivity index (χ1v) is 8.51. The zero-order valence-corrected chi connectivity index (χ0v) is 14.2. The van der Waals surface area contributed by atoms with Crippen LogP contribution in [0.4, 0.5) is 4.39 Å². The van der Waals surface area contributed by atoms with Crippen molar-refractivity contribution in [2.45, 2.75) is 16.2 Å². The maximum atomic E-state index is 13.6. The molecule has 0 bridgehead atoms. The lowest BCUT2D eigenvalue weighted by Gasteiger charge is -2.22. The molecule has 1 aliphatic heterocycles. The molecule has 114 valence electrons. The topological polar surface area (TPSA) is 4.44 Å². The molecule has 0 atom stereocenters. The molecule has 0 spiro atoms. The number of benzene rings is 2. The second-order valence-electron chi connectivity index (χ2n) is 5.75. The van der Waals surface area contributed by atoms with E-state index in [-0.39, 0.29) is 5.82 Å². The van der Waals surface area contributed by atoms with Crippen molar-refractivity contribution in [2.75, 3.05) is 20.6 Å². The third-order valence-electron chi connectivity index (χ3n) is 3.68. The van der Waals surface area contributed by atoms with Crippen LogP contribution in [0, 0.1) is 5.82 Å². The number of quaternary nitrogens is 1. The Balaban J connectivity index is 2.08. The highest BCUT2D eigenvalue weighted by molar-refractivity contribution is 7.99. The average molecular weight is 335 g/mol. The summed E-state index contributed by atoms with van der Waals surface area (Å²) in [5.41, 5.74) is 3.40. The molecule has 0 saturated heterocycles. The van der Waals surface area contributed by atoms with Crippen molar-refractivity contribution in [1.82, 2.24) is 0 Å². The van der Waals surface area contributed by atoms with Gasteiger partial charge in [-0.2, -0.15) is 0 Å². The fraction of sp³-hybridized carbons (Fsp3) is 0.222. The van der Waals surface area contributed by atoms with Crippen LogP contribution in [0.25, 0.3) is 5.57 Å². The van der Waals surface area contributed by atoms with Gasteiger partial charge in [0.15, 0.2) is 0 Å². The minimum absolute atomic E-state index is 0.194. The van der Waals surface area contributed by atoms with Crippen LogP contribution in [-0.4, -0.2) is 20.6 Å². The average Bonchev–Trinajstić information content (AvgIpc) is 2.46. The molecule has 0 amide bonds. The van der Waals surface area contributed by atoms with Gasteiger partial charge < -0.3 is 4.90 Å². The molecule has 1 heterocycles. The summed E-state index contributed by atoms with van der Waals surface area (Å²) in [5, 5.41) is 0.731. The van der Waals surface area contributed by atoms with Crippen molar-refractivity contribution in [3.05, 3.63) is 64.4 Å². The van der Waals surface area contributed by atoms with Crippen LogP contribution in [0.5, 0.6) is 0 Å². The van der Waals surface area contributed by atoms with E-state index in [0.29, 0.717) is 0 Å². The normalized spacial score (nSPS) is 15.0. The molecule has 0 aliphatic carbocycles. The van der Waals surface area contributed by atoms with Crippen molar-refractivity contribution in [2.24, 2.45) is 0 Å². The number of halogens is 2. The lowest BCUT2D eigenvalue weighted by atomic mass is 9.96. The molecule has 1 nitrogen and oxygen atoms in total. The van der Waals surface area contributed by atoms with Crippen LogP contribution in [0.3, 0.4) is 0 Å². The maximum Gasteiger partial charge on any atom is 0.124 e. The van der Waals surface area contributed by atoms with Gasteiger partial charge in [0, 0.05) is 21.2 Å². The lowest BCUT2D eigenvalue weighted by molar-refractivity contribution is -0.857. The van der Waals surface area contributed by atoms with E-state index in [1.54, 1.807) is 17.8 Å². The quantitative estimate of drug-likeness (QED) is 0.761. The minimum atomic E-state index is -0.194. The Kier molecular flexibility index (Phi) is 4.57. The summed E-state index contributed by atoms with van der Waals surface area (Å²) < 4.78 is 13.6. The van der Waals surface area contributed by atoms with Crippen LogP contribution in [0.2, 0.25) is 5.02 Å². The van der Waals surface area contributed by atoms with Gasteiger partial charge in [0.05, 0.1) is 20.6 Å². The van der Waals surface area contributed by atoms with Crippen LogP contribution >= 0.6 is 23.4 Å². The first-order valence-electron chi connectivity index (χ1n) is 7.31. The van der Waals surface area contributed by atoms with Crippen molar-refractivity contribution in [3.63, 3.8) is 0 Å². The fourth-order valence-corrected chi connectivity index (χ4v) is 3.88. The van der Waals surface area contributed by atoms with E-state index in [1.807, 2.05) is 24.3 Å². The van der Waals surface area contributed by atoms with Crippen LogP contribution < -0.4 is 4.90 Å². The molecule has 0 radical (unpaired) electrons. The van der Waals surface area contributed by atoms with E-state index >= 15 is 0 Å². The van der Waals surface area contributed by atoms with E-state index in [1.165, 1.54) is 11.0 Å². The second kappa shape index (κ2) is 6.45. The molecule has 0 aromatic heterocycles. The number of hydrogen-bond acceptors (Lipinski definition) is 1. The smallest absolute Gasteiger partial charge is 0.124 e. The Morgan fingerprint density at radius 1 is 1.09 bits per heavy atom. The monoisotopic (exact) mass is 334 g/mol. The Morgan fingerprint density at radius 3 is 2.68 bits per heavy atom. The van der Waals surface area contributed by atoms with Crippen molar-refractivity contribution >= 4 is 28.9 Å². The first-order chi connectivity index (χ1) is 10.5. The van der Waals surface area contributed by atoms with E-state index < -0.39 is 0 Å². The van der Waals surface area contributed by atoms with Gasteiger partial charge in [0.1, 0.15) is 5.82 Å². The molecule has 2 aromatic rings. The summed E-state index contributed by atoms with van der Waals surface area (Å²) in [7, 11) is 4.28. The van der Waals surface area contributed by atoms with Gasteiger partial charge in [0.2, 0.25) is 0 Å². The summed E-state index contributed by atoms with van der Waals surface area (Å²) in [5.74, 6) is -0.194. The van der Waals surface area contributed by atoms with Crippen LogP contribution in [-0.2, 0) is 0 Å². The highest BCUT2D eigenvalue weighted by atomic mass is 35.5. The largest absolute Gasteiger partial charge is 0.340 e. The van der Waals surface area contributed by atoms with Gasteiger partial charge in [-0.05, 0) is 47.0 Å². The number of fused-ring (bicyclic) bond motifs is 2. The fourth-order valence-electron chi connectivity index (χ4n) is 2.59. The molecule has 2 aromatic carbocycles. The van der Waals surface area contributed by atoms with Crippen LogP contribution in [0.15, 0.2) is 52.3 Å². The molecule has 22 heavy (non-hydrogen) atoms. The Labute approximate surface area is 139 Å². The molecule has 0 unspecified atom stereocenters. The third kappa shape index (κ3) is 3.22. The Morgan fingerprint density at radius 2 is 1.91 bits per heavy atom. The predicted octanol–water partition coefficient (Wildman–Crippen LogP) is 3.91. The molecular formula is C18H18ClFNS+.